The van der Waals surface area contributed by atoms with E-state index in [0.29, 0.717) is 31.6 Å². The lowest BCUT2D eigenvalue weighted by Crippen LogP contribution is -2.25. The standard InChI is InChI=1S/C18H19F2N3O/c19-15-3-1-2-13(8-15)10-18(24)22-11-14-4-6-21-17(9-14)23-7-5-16(20)12-23/h1-4,6,8-9,16H,5,7,10-12H2,(H,22,24). The van der Waals surface area contributed by atoms with Crippen molar-refractivity contribution < 1.29 is 13.6 Å². The predicted molar refractivity (Wildman–Crippen MR) is 87.9 cm³/mol. The van der Waals surface area contributed by atoms with Gasteiger partial charge in [-0.1, -0.05) is 12.1 Å². The zero-order valence-electron chi connectivity index (χ0n) is 13.2. The van der Waals surface area contributed by atoms with E-state index in [9.17, 15) is 13.6 Å². The molecule has 3 rings (SSSR count). The summed E-state index contributed by atoms with van der Waals surface area (Å²) in [6, 6.07) is 9.68. The van der Waals surface area contributed by atoms with E-state index in [1.165, 1.54) is 12.1 Å². The molecule has 6 heteroatoms. The molecule has 1 saturated heterocycles. The van der Waals surface area contributed by atoms with Crippen molar-refractivity contribution in [2.45, 2.75) is 25.6 Å². The molecular weight excluding hydrogens is 312 g/mol. The van der Waals surface area contributed by atoms with Crippen LogP contribution in [0.2, 0.25) is 0 Å². The van der Waals surface area contributed by atoms with Crippen LogP contribution >= 0.6 is 0 Å². The molecule has 0 aliphatic carbocycles. The Bertz CT molecular complexity index is 723. The number of benzene rings is 1. The minimum Gasteiger partial charge on any atom is -0.354 e. The van der Waals surface area contributed by atoms with Gasteiger partial charge in [-0.05, 0) is 41.8 Å². The van der Waals surface area contributed by atoms with Gasteiger partial charge in [-0.2, -0.15) is 0 Å². The number of nitrogens with one attached hydrogen (secondary N) is 1. The first kappa shape index (κ1) is 16.4. The number of aromatic nitrogens is 1. The number of carbonyl (C=O) groups excluding carboxylic acids is 1. The SMILES string of the molecule is O=C(Cc1cccc(F)c1)NCc1ccnc(N2CCC(F)C2)c1. The van der Waals surface area contributed by atoms with Crippen LogP contribution in [0.5, 0.6) is 0 Å². The smallest absolute Gasteiger partial charge is 0.224 e. The summed E-state index contributed by atoms with van der Waals surface area (Å²) in [5.41, 5.74) is 1.53. The molecule has 0 saturated carbocycles. The summed E-state index contributed by atoms with van der Waals surface area (Å²) in [5, 5.41) is 2.81. The molecule has 1 aromatic heterocycles. The normalized spacial score (nSPS) is 17.1. The Hall–Kier alpha value is -2.50. The van der Waals surface area contributed by atoms with Gasteiger partial charge in [0.1, 0.15) is 17.8 Å². The van der Waals surface area contributed by atoms with Gasteiger partial charge in [-0.25, -0.2) is 13.8 Å². The largest absolute Gasteiger partial charge is 0.354 e. The van der Waals surface area contributed by atoms with Crippen molar-refractivity contribution in [2.75, 3.05) is 18.0 Å². The van der Waals surface area contributed by atoms with E-state index in [0.717, 1.165) is 11.4 Å². The number of carbonyl (C=O) groups is 1. The van der Waals surface area contributed by atoms with Gasteiger partial charge in [0.15, 0.2) is 0 Å². The Kier molecular flexibility index (Phi) is 5.03. The third kappa shape index (κ3) is 4.28. The van der Waals surface area contributed by atoms with Crippen molar-refractivity contribution in [1.82, 2.24) is 10.3 Å². The maximum Gasteiger partial charge on any atom is 0.224 e. The van der Waals surface area contributed by atoms with Gasteiger partial charge >= 0.3 is 0 Å². The summed E-state index contributed by atoms with van der Waals surface area (Å²) in [5.74, 6) is 0.201. The van der Waals surface area contributed by atoms with Gasteiger partial charge in [0, 0.05) is 19.3 Å². The van der Waals surface area contributed by atoms with Crippen molar-refractivity contribution in [3.8, 4) is 0 Å². The van der Waals surface area contributed by atoms with Crippen molar-refractivity contribution in [3.63, 3.8) is 0 Å². The van der Waals surface area contributed by atoms with E-state index in [4.69, 9.17) is 0 Å². The van der Waals surface area contributed by atoms with Crippen molar-refractivity contribution in [3.05, 3.63) is 59.5 Å². The average molecular weight is 331 g/mol. The maximum atomic E-state index is 13.3. The molecule has 0 bridgehead atoms. The van der Waals surface area contributed by atoms with Crippen molar-refractivity contribution in [2.24, 2.45) is 0 Å². The summed E-state index contributed by atoms with van der Waals surface area (Å²) in [4.78, 5) is 18.1. The Morgan fingerprint density at radius 3 is 2.92 bits per heavy atom. The topological polar surface area (TPSA) is 45.2 Å². The molecule has 1 aliphatic rings. The first-order chi connectivity index (χ1) is 11.6. The molecule has 0 radical (unpaired) electrons. The van der Waals surface area contributed by atoms with Crippen LogP contribution in [-0.4, -0.2) is 30.2 Å². The fraction of sp³-hybridized carbons (Fsp3) is 0.333. The molecule has 2 aromatic rings. The predicted octanol–water partition coefficient (Wildman–Crippen LogP) is 2.63. The van der Waals surface area contributed by atoms with Gasteiger partial charge in [-0.3, -0.25) is 4.79 Å². The number of amides is 1. The van der Waals surface area contributed by atoms with E-state index in [2.05, 4.69) is 10.3 Å². The highest BCUT2D eigenvalue weighted by Gasteiger charge is 2.22. The second-order valence-electron chi connectivity index (χ2n) is 5.94. The lowest BCUT2D eigenvalue weighted by atomic mass is 10.1. The fourth-order valence-corrected chi connectivity index (χ4v) is 2.76. The summed E-state index contributed by atoms with van der Waals surface area (Å²) < 4.78 is 26.4. The molecule has 0 spiro atoms. The molecule has 1 aliphatic heterocycles. The van der Waals surface area contributed by atoms with Crippen LogP contribution in [-0.2, 0) is 17.8 Å². The number of nitrogens with zero attached hydrogens (tertiary/aromatic N) is 2. The highest BCUT2D eigenvalue weighted by Crippen LogP contribution is 2.20. The Morgan fingerprint density at radius 2 is 2.17 bits per heavy atom. The molecule has 24 heavy (non-hydrogen) atoms. The first-order valence-corrected chi connectivity index (χ1v) is 7.95. The molecule has 1 atom stereocenters. The Balaban J connectivity index is 1.55. The number of hydrogen-bond donors (Lipinski definition) is 1. The zero-order valence-corrected chi connectivity index (χ0v) is 13.2. The first-order valence-electron chi connectivity index (χ1n) is 7.95. The number of halogens is 2. The van der Waals surface area contributed by atoms with E-state index in [-0.39, 0.29) is 18.1 Å². The highest BCUT2D eigenvalue weighted by molar-refractivity contribution is 5.78. The maximum absolute atomic E-state index is 13.3. The highest BCUT2D eigenvalue weighted by atomic mass is 19.1. The number of rotatable bonds is 5. The summed E-state index contributed by atoms with van der Waals surface area (Å²) in [6.07, 6.45) is 1.51. The minimum atomic E-state index is -0.804. The van der Waals surface area contributed by atoms with E-state index in [1.807, 2.05) is 17.0 Å². The molecule has 2 heterocycles. The van der Waals surface area contributed by atoms with Crippen molar-refractivity contribution >= 4 is 11.7 Å². The van der Waals surface area contributed by atoms with Gasteiger partial charge in [-0.15, -0.1) is 0 Å². The molecular formula is C18H19F2N3O. The van der Waals surface area contributed by atoms with Gasteiger partial charge in [0.2, 0.25) is 5.91 Å². The molecule has 1 unspecified atom stereocenters. The average Bonchev–Trinajstić information content (AvgIpc) is 3.00. The third-order valence-corrected chi connectivity index (χ3v) is 4.01. The molecule has 1 amide bonds. The number of alkyl halides is 1. The minimum absolute atomic E-state index is 0.130. The van der Waals surface area contributed by atoms with Gasteiger partial charge < -0.3 is 10.2 Å². The van der Waals surface area contributed by atoms with E-state index < -0.39 is 6.17 Å². The van der Waals surface area contributed by atoms with Crippen LogP contribution in [0.4, 0.5) is 14.6 Å². The lowest BCUT2D eigenvalue weighted by molar-refractivity contribution is -0.120. The van der Waals surface area contributed by atoms with Crippen LogP contribution in [0, 0.1) is 5.82 Å². The summed E-state index contributed by atoms with van der Waals surface area (Å²) in [7, 11) is 0. The zero-order chi connectivity index (χ0) is 16.9. The van der Waals surface area contributed by atoms with Crippen LogP contribution in [0.15, 0.2) is 42.6 Å². The quantitative estimate of drug-likeness (QED) is 0.916. The molecule has 1 aromatic carbocycles. The Morgan fingerprint density at radius 1 is 1.29 bits per heavy atom. The number of anilines is 1. The number of hydrogen-bond acceptors (Lipinski definition) is 3. The summed E-state index contributed by atoms with van der Waals surface area (Å²) >= 11 is 0. The van der Waals surface area contributed by atoms with Crippen LogP contribution < -0.4 is 10.2 Å². The molecule has 126 valence electrons. The number of pyridine rings is 1. The summed E-state index contributed by atoms with van der Waals surface area (Å²) in [6.45, 7) is 1.38. The van der Waals surface area contributed by atoms with Crippen LogP contribution in [0.3, 0.4) is 0 Å². The van der Waals surface area contributed by atoms with E-state index in [1.54, 1.807) is 18.3 Å². The van der Waals surface area contributed by atoms with Crippen LogP contribution in [0.1, 0.15) is 17.5 Å². The second-order valence-corrected chi connectivity index (χ2v) is 5.94. The third-order valence-electron chi connectivity index (χ3n) is 4.01. The second kappa shape index (κ2) is 7.38. The monoisotopic (exact) mass is 331 g/mol. The van der Waals surface area contributed by atoms with E-state index >= 15 is 0 Å². The molecule has 1 fully saturated rings. The lowest BCUT2D eigenvalue weighted by Gasteiger charge is -2.17. The molecule has 4 nitrogen and oxygen atoms in total. The van der Waals surface area contributed by atoms with Gasteiger partial charge in [0.05, 0.1) is 13.0 Å². The van der Waals surface area contributed by atoms with Crippen LogP contribution in [0.25, 0.3) is 0 Å². The molecule has 1 N–H and O–H groups in total. The fourth-order valence-electron chi connectivity index (χ4n) is 2.76. The van der Waals surface area contributed by atoms with Gasteiger partial charge in [0.25, 0.3) is 0 Å². The Labute approximate surface area is 139 Å². The van der Waals surface area contributed by atoms with Crippen molar-refractivity contribution in [1.29, 1.82) is 0 Å².